The molecule has 1 fully saturated rings. The molecule has 0 atom stereocenters. The van der Waals surface area contributed by atoms with Gasteiger partial charge in [0, 0.05) is 53.8 Å². The topological polar surface area (TPSA) is 42.6 Å². The Kier molecular flexibility index (Phi) is 3.93. The van der Waals surface area contributed by atoms with Crippen LogP contribution in [0, 0.1) is 11.3 Å². The maximum Gasteiger partial charge on any atom is 0.0943 e. The third-order valence-electron chi connectivity index (χ3n) is 4.61. The van der Waals surface area contributed by atoms with Crippen molar-refractivity contribution in [2.75, 3.05) is 38.1 Å². The van der Waals surface area contributed by atoms with Crippen LogP contribution in [0.3, 0.4) is 0 Å². The van der Waals surface area contributed by atoms with Crippen molar-refractivity contribution in [3.63, 3.8) is 0 Å². The lowest BCUT2D eigenvalue weighted by Crippen LogP contribution is -2.47. The first-order chi connectivity index (χ1) is 11.8. The molecule has 24 heavy (non-hydrogen) atoms. The summed E-state index contributed by atoms with van der Waals surface area (Å²) in [6.45, 7) is 4.16. The van der Waals surface area contributed by atoms with E-state index in [1.807, 2.05) is 0 Å². The van der Waals surface area contributed by atoms with Crippen molar-refractivity contribution in [2.24, 2.45) is 4.99 Å². The van der Waals surface area contributed by atoms with Crippen LogP contribution in [0.15, 0.2) is 40.0 Å². The summed E-state index contributed by atoms with van der Waals surface area (Å²) < 4.78 is 0. The highest BCUT2D eigenvalue weighted by atomic mass is 32.1. The van der Waals surface area contributed by atoms with Crippen LogP contribution < -0.4 is 15.5 Å². The molecule has 0 bridgehead atoms. The van der Waals surface area contributed by atoms with E-state index in [9.17, 15) is 0 Å². The number of para-hydroxylation sites is 1. The fraction of sp³-hybridized carbons (Fsp3) is 0.263. The molecule has 1 saturated heterocycles. The van der Waals surface area contributed by atoms with Crippen LogP contribution in [0.2, 0.25) is 0 Å². The predicted octanol–water partition coefficient (Wildman–Crippen LogP) is 2.15. The van der Waals surface area contributed by atoms with Gasteiger partial charge in [-0.05, 0) is 24.8 Å². The average Bonchev–Trinajstić information content (AvgIpc) is 2.99. The van der Waals surface area contributed by atoms with E-state index >= 15 is 0 Å². The van der Waals surface area contributed by atoms with Gasteiger partial charge in [0.05, 0.1) is 22.8 Å². The molecule has 1 aromatic carbocycles. The van der Waals surface area contributed by atoms with E-state index in [0.29, 0.717) is 0 Å². The Labute approximate surface area is 145 Å². The summed E-state index contributed by atoms with van der Waals surface area (Å²) >= 11 is 1.63. The van der Waals surface area contributed by atoms with Gasteiger partial charge in [0.2, 0.25) is 0 Å². The number of nitrogens with zero attached hydrogens (tertiary/aromatic N) is 4. The molecule has 0 amide bonds. The average molecular weight is 334 g/mol. The van der Waals surface area contributed by atoms with Gasteiger partial charge in [-0.15, -0.1) is 11.3 Å². The molecule has 5 heteroatoms. The molecule has 4 nitrogen and oxygen atoms in total. The third-order valence-corrected chi connectivity index (χ3v) is 5.34. The summed E-state index contributed by atoms with van der Waals surface area (Å²) in [6.07, 6.45) is 3.69. The molecule has 0 saturated carbocycles. The molecule has 0 aliphatic carbocycles. The van der Waals surface area contributed by atoms with E-state index in [0.717, 1.165) is 53.6 Å². The molecule has 2 aliphatic heterocycles. The second kappa shape index (κ2) is 6.23. The number of allylic oxidation sites excluding steroid dienone is 2. The standard InChI is InChI=1S/C19H18N4S/c1-22-7-9-23(10-8-22)18-4-2-3-15-11-14(5-6-20)16-12-24-13-17(16)21-19(15)18/h2-5,11-13H,7-10H2,1H3/b14-5+. The summed E-state index contributed by atoms with van der Waals surface area (Å²) in [5.74, 6) is 0. The lowest BCUT2D eigenvalue weighted by Gasteiger charge is -2.34. The van der Waals surface area contributed by atoms with Crippen LogP contribution in [-0.2, 0) is 0 Å². The summed E-state index contributed by atoms with van der Waals surface area (Å²) in [5.41, 5.74) is 4.12. The highest BCUT2D eigenvalue weighted by Crippen LogP contribution is 2.32. The maximum absolute atomic E-state index is 9.12. The number of anilines is 1. The van der Waals surface area contributed by atoms with Gasteiger partial charge >= 0.3 is 0 Å². The van der Waals surface area contributed by atoms with Crippen molar-refractivity contribution in [2.45, 2.75) is 0 Å². The van der Waals surface area contributed by atoms with Crippen LogP contribution in [0.5, 0.6) is 0 Å². The van der Waals surface area contributed by atoms with Gasteiger partial charge in [0.25, 0.3) is 0 Å². The Morgan fingerprint density at radius 2 is 2.04 bits per heavy atom. The number of hydrogen-bond donors (Lipinski definition) is 0. The Morgan fingerprint density at radius 3 is 2.83 bits per heavy atom. The molecule has 1 aromatic heterocycles. The number of fused-ring (bicyclic) bond motifs is 2. The zero-order valence-electron chi connectivity index (χ0n) is 13.6. The molecule has 0 radical (unpaired) electrons. The molecular formula is C19H18N4S. The summed E-state index contributed by atoms with van der Waals surface area (Å²) in [7, 11) is 2.16. The Morgan fingerprint density at radius 1 is 1.21 bits per heavy atom. The highest BCUT2D eigenvalue weighted by Gasteiger charge is 2.17. The number of thiophene rings is 1. The van der Waals surface area contributed by atoms with E-state index < -0.39 is 0 Å². The molecule has 3 heterocycles. The molecule has 0 unspecified atom stereocenters. The van der Waals surface area contributed by atoms with Gasteiger partial charge in [-0.1, -0.05) is 12.1 Å². The van der Waals surface area contributed by atoms with Gasteiger partial charge in [-0.2, -0.15) is 5.26 Å². The lowest BCUT2D eigenvalue weighted by molar-refractivity contribution is 0.312. The summed E-state index contributed by atoms with van der Waals surface area (Å²) in [4.78, 5) is 9.73. The van der Waals surface area contributed by atoms with Gasteiger partial charge < -0.3 is 9.80 Å². The van der Waals surface area contributed by atoms with Crippen LogP contribution in [0.25, 0.3) is 11.6 Å². The smallest absolute Gasteiger partial charge is 0.0943 e. The fourth-order valence-corrected chi connectivity index (χ4v) is 4.01. The Balaban J connectivity index is 1.92. The minimum absolute atomic E-state index is 0.937. The number of likely N-dealkylation sites (N-methyl/N-ethyl adjacent to an activating group) is 1. The summed E-state index contributed by atoms with van der Waals surface area (Å²) in [5, 5.41) is 15.3. The first-order valence-electron chi connectivity index (χ1n) is 8.05. The molecular weight excluding hydrogens is 316 g/mol. The van der Waals surface area contributed by atoms with Crippen LogP contribution >= 0.6 is 11.3 Å². The third kappa shape index (κ3) is 2.64. The van der Waals surface area contributed by atoms with Crippen LogP contribution in [0.1, 0.15) is 5.56 Å². The number of piperazine rings is 1. The maximum atomic E-state index is 9.12. The Bertz CT molecular complexity index is 956. The molecule has 4 rings (SSSR count). The van der Waals surface area contributed by atoms with Gasteiger partial charge in [0.15, 0.2) is 0 Å². The highest BCUT2D eigenvalue weighted by molar-refractivity contribution is 7.08. The van der Waals surface area contributed by atoms with Crippen molar-refractivity contribution < 1.29 is 0 Å². The van der Waals surface area contributed by atoms with Crippen molar-refractivity contribution in [1.82, 2.24) is 4.90 Å². The van der Waals surface area contributed by atoms with E-state index in [1.54, 1.807) is 17.4 Å². The van der Waals surface area contributed by atoms with Crippen molar-refractivity contribution in [3.8, 4) is 6.07 Å². The predicted molar refractivity (Wildman–Crippen MR) is 99.0 cm³/mol. The van der Waals surface area contributed by atoms with Crippen molar-refractivity contribution in [3.05, 3.63) is 51.2 Å². The largest absolute Gasteiger partial charge is 0.367 e. The van der Waals surface area contributed by atoms with E-state index in [-0.39, 0.29) is 0 Å². The zero-order chi connectivity index (χ0) is 16.5. The SMILES string of the molecule is CN1CCN(c2cccc3c2=Nc2cscc2/C(=C/C#N)C=3)CC1. The van der Waals surface area contributed by atoms with E-state index in [2.05, 4.69) is 58.0 Å². The van der Waals surface area contributed by atoms with Crippen molar-refractivity contribution >= 4 is 34.4 Å². The Hall–Kier alpha value is -2.42. The van der Waals surface area contributed by atoms with Gasteiger partial charge in [-0.25, -0.2) is 4.99 Å². The molecule has 2 aromatic rings. The fourth-order valence-electron chi connectivity index (χ4n) is 3.24. The second-order valence-corrected chi connectivity index (χ2v) is 6.90. The number of hydrogen-bond acceptors (Lipinski definition) is 5. The van der Waals surface area contributed by atoms with Crippen molar-refractivity contribution in [1.29, 1.82) is 5.26 Å². The molecule has 2 aliphatic rings. The second-order valence-electron chi connectivity index (χ2n) is 6.16. The normalized spacial score (nSPS) is 18.8. The lowest BCUT2D eigenvalue weighted by atomic mass is 10.1. The molecule has 0 N–H and O–H groups in total. The number of benzene rings is 1. The van der Waals surface area contributed by atoms with E-state index in [4.69, 9.17) is 10.3 Å². The number of rotatable bonds is 1. The van der Waals surface area contributed by atoms with E-state index in [1.165, 1.54) is 5.69 Å². The summed E-state index contributed by atoms with van der Waals surface area (Å²) in [6, 6.07) is 8.49. The van der Waals surface area contributed by atoms with Gasteiger partial charge in [0.1, 0.15) is 0 Å². The molecule has 120 valence electrons. The van der Waals surface area contributed by atoms with Crippen LogP contribution in [0.4, 0.5) is 11.4 Å². The number of nitriles is 1. The minimum atomic E-state index is 0.937. The van der Waals surface area contributed by atoms with Crippen LogP contribution in [-0.4, -0.2) is 38.1 Å². The first kappa shape index (κ1) is 15.1. The minimum Gasteiger partial charge on any atom is -0.367 e. The first-order valence-corrected chi connectivity index (χ1v) is 9.00. The monoisotopic (exact) mass is 334 g/mol. The quantitative estimate of drug-likeness (QED) is 0.751. The zero-order valence-corrected chi connectivity index (χ0v) is 14.4. The van der Waals surface area contributed by atoms with Gasteiger partial charge in [-0.3, -0.25) is 0 Å². The molecule has 0 spiro atoms.